The second-order valence-corrected chi connectivity index (χ2v) is 3.16. The normalized spacial score (nSPS) is 7.00. The molecule has 2 rings (SSSR count). The van der Waals surface area contributed by atoms with E-state index in [2.05, 4.69) is 19.1 Å². The molecule has 0 saturated carbocycles. The van der Waals surface area contributed by atoms with E-state index in [0.29, 0.717) is 5.69 Å². The van der Waals surface area contributed by atoms with Crippen LogP contribution in [-0.4, -0.2) is 0 Å². The first-order chi connectivity index (χ1) is 7.70. The molecule has 0 fully saturated rings. The molecule has 0 radical (unpaired) electrons. The minimum atomic E-state index is 0. The maximum atomic E-state index is 7.00. The van der Waals surface area contributed by atoms with Gasteiger partial charge >= 0.3 is 21.7 Å². The van der Waals surface area contributed by atoms with Crippen molar-refractivity contribution >= 4 is 5.69 Å². The Morgan fingerprint density at radius 2 is 1.44 bits per heavy atom. The van der Waals surface area contributed by atoms with E-state index in [1.54, 1.807) is 19.1 Å². The van der Waals surface area contributed by atoms with Crippen LogP contribution < -0.4 is 0 Å². The van der Waals surface area contributed by atoms with Crippen LogP contribution in [0.15, 0.2) is 60.7 Å². The van der Waals surface area contributed by atoms with Crippen molar-refractivity contribution in [3.8, 4) is 0 Å². The van der Waals surface area contributed by atoms with Crippen molar-refractivity contribution in [1.29, 1.82) is 0 Å². The molecular formula is C16H21NTi. The van der Waals surface area contributed by atoms with Gasteiger partial charge in [0.2, 0.25) is 0 Å². The number of hydrogen-bond donors (Lipinski definition) is 0. The Morgan fingerprint density at radius 3 is 1.61 bits per heavy atom. The summed E-state index contributed by atoms with van der Waals surface area (Å²) in [7, 11) is 0. The van der Waals surface area contributed by atoms with Crippen LogP contribution >= 0.6 is 0 Å². The molecule has 0 spiro atoms. The van der Waals surface area contributed by atoms with E-state index in [-0.39, 0.29) is 29.1 Å². The zero-order valence-electron chi connectivity index (χ0n) is 11.4. The summed E-state index contributed by atoms with van der Waals surface area (Å²) < 4.78 is 0. The van der Waals surface area contributed by atoms with E-state index >= 15 is 0 Å². The average molecular weight is 275 g/mol. The van der Waals surface area contributed by atoms with Crippen LogP contribution in [0.3, 0.4) is 0 Å². The van der Waals surface area contributed by atoms with E-state index in [9.17, 15) is 0 Å². The monoisotopic (exact) mass is 275 g/mol. The molecule has 1 nitrogen and oxygen atoms in total. The summed E-state index contributed by atoms with van der Waals surface area (Å²) in [4.78, 5) is 0. The number of nitrogens with one attached hydrogen (secondary N) is 1. The van der Waals surface area contributed by atoms with E-state index in [4.69, 9.17) is 12.3 Å². The van der Waals surface area contributed by atoms with Crippen molar-refractivity contribution in [2.24, 2.45) is 0 Å². The molecule has 0 aliphatic heterocycles. The summed E-state index contributed by atoms with van der Waals surface area (Å²) in [6, 6.07) is 17.3. The predicted molar refractivity (Wildman–Crippen MR) is 78.2 cm³/mol. The third-order valence-electron chi connectivity index (χ3n) is 1.60. The van der Waals surface area contributed by atoms with Gasteiger partial charge in [-0.15, -0.1) is 5.69 Å². The Balaban J connectivity index is -0.000000190. The second-order valence-electron chi connectivity index (χ2n) is 3.16. The van der Waals surface area contributed by atoms with Crippen molar-refractivity contribution in [3.05, 3.63) is 86.0 Å². The standard InChI is InChI=1S/C6H6N.C6H7.C3H5.CH3.Ti/c7-6-4-2-1-3-5-6;1-6-4-2-3-5-6;1-3-2;;/h1-5,7H;2-5H,1H3;1,3H,2H3;1H3;/q4*-1;+4. The Bertz CT molecular complexity index is 352. The molecule has 18 heavy (non-hydrogen) atoms. The predicted octanol–water partition coefficient (Wildman–Crippen LogP) is 5.53. The topological polar surface area (TPSA) is 23.8 Å². The van der Waals surface area contributed by atoms with Gasteiger partial charge in [0.1, 0.15) is 0 Å². The molecule has 0 unspecified atom stereocenters. The van der Waals surface area contributed by atoms with Crippen molar-refractivity contribution in [1.82, 2.24) is 0 Å². The van der Waals surface area contributed by atoms with Gasteiger partial charge in [0, 0.05) is 0 Å². The minimum absolute atomic E-state index is 0. The molecule has 0 aliphatic rings. The van der Waals surface area contributed by atoms with E-state index in [0.717, 1.165) is 0 Å². The van der Waals surface area contributed by atoms with Gasteiger partial charge in [-0.1, -0.05) is 44.2 Å². The molecular weight excluding hydrogens is 254 g/mol. The Kier molecular flexibility index (Phi) is 19.4. The molecule has 1 N–H and O–H groups in total. The van der Waals surface area contributed by atoms with Crippen LogP contribution in [0, 0.1) is 20.9 Å². The zero-order valence-corrected chi connectivity index (χ0v) is 12.9. The summed E-state index contributed by atoms with van der Waals surface area (Å²) in [6.45, 7) is 8.58. The summed E-state index contributed by atoms with van der Waals surface area (Å²) in [5.74, 6) is 0. The van der Waals surface area contributed by atoms with Gasteiger partial charge in [-0.05, 0) is 0 Å². The van der Waals surface area contributed by atoms with Gasteiger partial charge in [-0.3, -0.25) is 6.08 Å². The van der Waals surface area contributed by atoms with Crippen LogP contribution in [0.1, 0.15) is 12.5 Å². The SMILES string of the molecule is C[c-]1cccc1.[CH-]=CC.[CH3-].[NH-]c1ccccc1.[Ti+4]. The summed E-state index contributed by atoms with van der Waals surface area (Å²) in [6.07, 6.45) is 1.50. The van der Waals surface area contributed by atoms with Crippen LogP contribution in [-0.2, 0) is 21.7 Å². The number of rotatable bonds is 0. The average Bonchev–Trinajstić information content (AvgIpc) is 2.72. The summed E-state index contributed by atoms with van der Waals surface area (Å²) in [5.41, 5.74) is 8.91. The first-order valence-electron chi connectivity index (χ1n) is 5.15. The number of aryl methyl sites for hydroxylation is 1. The van der Waals surface area contributed by atoms with E-state index in [1.165, 1.54) is 11.6 Å². The first kappa shape index (κ1) is 22.0. The van der Waals surface area contributed by atoms with Gasteiger partial charge in [-0.2, -0.15) is 17.7 Å². The molecule has 0 amide bonds. The van der Waals surface area contributed by atoms with Crippen LogP contribution in [0.2, 0.25) is 0 Å². The molecule has 2 aromatic carbocycles. The van der Waals surface area contributed by atoms with Gasteiger partial charge in [0.25, 0.3) is 0 Å². The zero-order chi connectivity index (χ0) is 12.2. The van der Waals surface area contributed by atoms with E-state index < -0.39 is 0 Å². The van der Waals surface area contributed by atoms with E-state index in [1.807, 2.05) is 30.3 Å². The van der Waals surface area contributed by atoms with Gasteiger partial charge < -0.3 is 19.7 Å². The number of hydrogen-bond acceptors (Lipinski definition) is 0. The minimum Gasteiger partial charge on any atom is -0.699 e. The Labute approximate surface area is 127 Å². The molecule has 0 aromatic heterocycles. The molecule has 0 atom stereocenters. The Hall–Kier alpha value is -1.18. The largest absolute Gasteiger partial charge is 4.00 e. The summed E-state index contributed by atoms with van der Waals surface area (Å²) >= 11 is 0. The van der Waals surface area contributed by atoms with Gasteiger partial charge in [-0.25, -0.2) is 12.1 Å². The van der Waals surface area contributed by atoms with Crippen LogP contribution in [0.5, 0.6) is 0 Å². The summed E-state index contributed by atoms with van der Waals surface area (Å²) in [5, 5.41) is 0. The molecule has 94 valence electrons. The number of benzene rings is 1. The third-order valence-corrected chi connectivity index (χ3v) is 1.60. The third kappa shape index (κ3) is 14.8. The van der Waals surface area contributed by atoms with Crippen molar-refractivity contribution < 1.29 is 21.7 Å². The fraction of sp³-hybridized carbons (Fsp3) is 0.125. The van der Waals surface area contributed by atoms with Crippen molar-refractivity contribution in [2.75, 3.05) is 0 Å². The molecule has 0 bridgehead atoms. The number of allylic oxidation sites excluding steroid dienone is 1. The smallest absolute Gasteiger partial charge is 0.699 e. The van der Waals surface area contributed by atoms with Crippen molar-refractivity contribution in [3.63, 3.8) is 0 Å². The molecule has 0 heterocycles. The first-order valence-corrected chi connectivity index (χ1v) is 5.15. The fourth-order valence-corrected chi connectivity index (χ4v) is 0.908. The Morgan fingerprint density at radius 1 is 1.06 bits per heavy atom. The molecule has 2 aromatic rings. The fourth-order valence-electron chi connectivity index (χ4n) is 0.908. The molecule has 0 aliphatic carbocycles. The quantitative estimate of drug-likeness (QED) is 0.446. The molecule has 0 saturated heterocycles. The maximum Gasteiger partial charge on any atom is 4.00 e. The van der Waals surface area contributed by atoms with Crippen LogP contribution in [0.4, 0.5) is 5.69 Å². The molecule has 2 heteroatoms. The van der Waals surface area contributed by atoms with Crippen LogP contribution in [0.25, 0.3) is 5.73 Å². The van der Waals surface area contributed by atoms with Crippen molar-refractivity contribution in [2.45, 2.75) is 13.8 Å². The van der Waals surface area contributed by atoms with Gasteiger partial charge in [0.15, 0.2) is 0 Å². The maximum absolute atomic E-state index is 7.00. The van der Waals surface area contributed by atoms with Gasteiger partial charge in [0.05, 0.1) is 0 Å². The second kappa shape index (κ2) is 15.8.